The molecule has 0 aromatic heterocycles. The molecule has 76 valence electrons. The molecular formula is C11H10ClN3. The summed E-state index contributed by atoms with van der Waals surface area (Å²) in [5, 5.41) is 7.08. The van der Waals surface area contributed by atoms with Crippen molar-refractivity contribution >= 4 is 23.5 Å². The summed E-state index contributed by atoms with van der Waals surface area (Å²) in [7, 11) is 0. The zero-order valence-corrected chi connectivity index (χ0v) is 8.99. The molecule has 4 heteroatoms. The number of halogens is 1. The number of amidine groups is 1. The molecule has 1 aromatic rings. The third kappa shape index (κ3) is 4.30. The Morgan fingerprint density at radius 1 is 1.47 bits per heavy atom. The van der Waals surface area contributed by atoms with Gasteiger partial charge in [-0.2, -0.15) is 6.57 Å². The molecule has 0 aliphatic carbocycles. The highest BCUT2D eigenvalue weighted by Gasteiger charge is 1.89. The van der Waals surface area contributed by atoms with E-state index in [1.165, 1.54) is 0 Å². The molecule has 0 saturated heterocycles. The molecule has 15 heavy (non-hydrogen) atoms. The van der Waals surface area contributed by atoms with E-state index in [-0.39, 0.29) is 0 Å². The Labute approximate surface area is 93.9 Å². The zero-order chi connectivity index (χ0) is 11.1. The normalized spacial score (nSPS) is 11.4. The minimum Gasteiger partial charge on any atom is -0.345 e. The van der Waals surface area contributed by atoms with Gasteiger partial charge < -0.3 is 5.32 Å². The first-order chi connectivity index (χ1) is 7.22. The van der Waals surface area contributed by atoms with Crippen molar-refractivity contribution in [2.45, 2.75) is 6.92 Å². The van der Waals surface area contributed by atoms with Crippen molar-refractivity contribution in [1.29, 1.82) is 0 Å². The first kappa shape index (κ1) is 11.3. The SMILES string of the molecule is [C-]#[N+]N=C(C)NC=Cc1ccc(Cl)cc1. The van der Waals surface area contributed by atoms with Gasteiger partial charge in [0.05, 0.1) is 0 Å². The van der Waals surface area contributed by atoms with Gasteiger partial charge in [-0.15, -0.1) is 4.95 Å². The van der Waals surface area contributed by atoms with Crippen LogP contribution in [0.15, 0.2) is 35.6 Å². The first-order valence-corrected chi connectivity index (χ1v) is 4.70. The maximum atomic E-state index is 6.51. The maximum absolute atomic E-state index is 6.51. The van der Waals surface area contributed by atoms with E-state index in [0.29, 0.717) is 10.9 Å². The Balaban J connectivity index is 2.56. The average molecular weight is 220 g/mol. The highest BCUT2D eigenvalue weighted by Crippen LogP contribution is 2.10. The summed E-state index contributed by atoms with van der Waals surface area (Å²) in [5.41, 5.74) is 1.03. The van der Waals surface area contributed by atoms with Gasteiger partial charge in [0.1, 0.15) is 5.10 Å². The molecule has 1 aromatic carbocycles. The topological polar surface area (TPSA) is 28.8 Å². The second-order valence-electron chi connectivity index (χ2n) is 2.81. The van der Waals surface area contributed by atoms with E-state index in [2.05, 4.69) is 15.4 Å². The third-order valence-electron chi connectivity index (χ3n) is 1.64. The van der Waals surface area contributed by atoms with Gasteiger partial charge in [0.25, 0.3) is 0 Å². The quantitative estimate of drug-likeness (QED) is 0.352. The van der Waals surface area contributed by atoms with Crippen LogP contribution in [0.4, 0.5) is 0 Å². The Morgan fingerprint density at radius 3 is 2.73 bits per heavy atom. The van der Waals surface area contributed by atoms with Crippen LogP contribution in [-0.2, 0) is 0 Å². The summed E-state index contributed by atoms with van der Waals surface area (Å²) < 4.78 is 0. The van der Waals surface area contributed by atoms with Gasteiger partial charge in [-0.3, -0.25) is 0 Å². The van der Waals surface area contributed by atoms with Crippen molar-refractivity contribution in [1.82, 2.24) is 5.32 Å². The summed E-state index contributed by atoms with van der Waals surface area (Å²) >= 11 is 5.75. The van der Waals surface area contributed by atoms with E-state index >= 15 is 0 Å². The Bertz CT molecular complexity index is 412. The van der Waals surface area contributed by atoms with Gasteiger partial charge in [0.15, 0.2) is 5.84 Å². The van der Waals surface area contributed by atoms with Crippen LogP contribution in [0.25, 0.3) is 11.0 Å². The van der Waals surface area contributed by atoms with Crippen molar-refractivity contribution in [3.63, 3.8) is 0 Å². The van der Waals surface area contributed by atoms with Crippen LogP contribution < -0.4 is 5.32 Å². The van der Waals surface area contributed by atoms with Crippen LogP contribution in [0.3, 0.4) is 0 Å². The van der Waals surface area contributed by atoms with E-state index < -0.39 is 0 Å². The maximum Gasteiger partial charge on any atom is 0.186 e. The lowest BCUT2D eigenvalue weighted by Crippen LogP contribution is -2.11. The minimum absolute atomic E-state index is 0.565. The van der Waals surface area contributed by atoms with Crippen LogP contribution in [0, 0.1) is 6.57 Å². The second kappa shape index (κ2) is 5.84. The summed E-state index contributed by atoms with van der Waals surface area (Å²) in [6, 6.07) is 7.45. The van der Waals surface area contributed by atoms with Crippen molar-refractivity contribution in [2.75, 3.05) is 0 Å². The fourth-order valence-electron chi connectivity index (χ4n) is 0.936. The van der Waals surface area contributed by atoms with Crippen molar-refractivity contribution < 1.29 is 0 Å². The average Bonchev–Trinajstić information content (AvgIpc) is 2.21. The second-order valence-corrected chi connectivity index (χ2v) is 3.25. The molecule has 0 heterocycles. The molecule has 0 atom stereocenters. The molecule has 0 spiro atoms. The molecule has 0 aliphatic rings. The molecule has 0 saturated carbocycles. The molecule has 0 fully saturated rings. The Hall–Kier alpha value is -1.79. The highest BCUT2D eigenvalue weighted by atomic mass is 35.5. The van der Waals surface area contributed by atoms with Gasteiger partial charge in [0, 0.05) is 18.1 Å². The largest absolute Gasteiger partial charge is 0.345 e. The first-order valence-electron chi connectivity index (χ1n) is 4.32. The monoisotopic (exact) mass is 219 g/mol. The molecule has 0 aliphatic heterocycles. The summed E-state index contributed by atoms with van der Waals surface area (Å²) in [6.07, 6.45) is 3.60. The van der Waals surface area contributed by atoms with Crippen LogP contribution in [-0.4, -0.2) is 5.84 Å². The van der Waals surface area contributed by atoms with Crippen LogP contribution >= 0.6 is 11.6 Å². The van der Waals surface area contributed by atoms with Crippen LogP contribution in [0.2, 0.25) is 5.02 Å². The predicted molar refractivity (Wildman–Crippen MR) is 63.3 cm³/mol. The summed E-state index contributed by atoms with van der Waals surface area (Å²) in [4.78, 5) is 2.90. The van der Waals surface area contributed by atoms with E-state index in [0.717, 1.165) is 5.56 Å². The standard InChI is InChI=1S/C11H10ClN3/c1-9(15-13-2)14-8-7-10-3-5-11(12)6-4-10/h3-8H,1H3,(H,14,15). The van der Waals surface area contributed by atoms with E-state index in [4.69, 9.17) is 18.2 Å². The van der Waals surface area contributed by atoms with Crippen LogP contribution in [0.1, 0.15) is 12.5 Å². The van der Waals surface area contributed by atoms with Gasteiger partial charge in [-0.25, -0.2) is 0 Å². The number of hydrogen-bond donors (Lipinski definition) is 1. The minimum atomic E-state index is 0.565. The van der Waals surface area contributed by atoms with Gasteiger partial charge in [-0.05, 0) is 23.8 Å². The molecule has 0 radical (unpaired) electrons. The number of nitrogens with one attached hydrogen (secondary N) is 1. The molecule has 0 amide bonds. The highest BCUT2D eigenvalue weighted by molar-refractivity contribution is 6.30. The molecule has 1 N–H and O–H groups in total. The van der Waals surface area contributed by atoms with Crippen molar-refractivity contribution in [3.05, 3.63) is 52.6 Å². The summed E-state index contributed by atoms with van der Waals surface area (Å²) in [5.74, 6) is 0.565. The van der Waals surface area contributed by atoms with Crippen molar-refractivity contribution in [3.8, 4) is 0 Å². The number of benzene rings is 1. The Kier molecular flexibility index (Phi) is 4.39. The fraction of sp³-hybridized carbons (Fsp3) is 0.0909. The number of hydrogen-bond acceptors (Lipinski definition) is 1. The summed E-state index contributed by atoms with van der Waals surface area (Å²) in [6.45, 7) is 8.24. The molecule has 0 unspecified atom stereocenters. The Morgan fingerprint density at radius 2 is 2.13 bits per heavy atom. The third-order valence-corrected chi connectivity index (χ3v) is 1.89. The lowest BCUT2D eigenvalue weighted by atomic mass is 10.2. The zero-order valence-electron chi connectivity index (χ0n) is 8.24. The van der Waals surface area contributed by atoms with Gasteiger partial charge in [0.2, 0.25) is 0 Å². The molecular weight excluding hydrogens is 210 g/mol. The molecule has 0 bridgehead atoms. The van der Waals surface area contributed by atoms with Gasteiger partial charge >= 0.3 is 0 Å². The lowest BCUT2D eigenvalue weighted by Gasteiger charge is -1.94. The van der Waals surface area contributed by atoms with Gasteiger partial charge in [-0.1, -0.05) is 23.7 Å². The van der Waals surface area contributed by atoms with E-state index in [1.807, 2.05) is 30.3 Å². The van der Waals surface area contributed by atoms with E-state index in [9.17, 15) is 0 Å². The fourth-order valence-corrected chi connectivity index (χ4v) is 1.06. The molecule has 3 nitrogen and oxygen atoms in total. The number of nitrogens with zero attached hydrogens (tertiary/aromatic N) is 2. The lowest BCUT2D eigenvalue weighted by molar-refractivity contribution is 1.24. The molecule has 1 rings (SSSR count). The smallest absolute Gasteiger partial charge is 0.186 e. The predicted octanol–water partition coefficient (Wildman–Crippen LogP) is 3.15. The number of rotatable bonds is 2. The van der Waals surface area contributed by atoms with Crippen LogP contribution in [0.5, 0.6) is 0 Å². The van der Waals surface area contributed by atoms with Crippen molar-refractivity contribution in [2.24, 2.45) is 5.10 Å². The van der Waals surface area contributed by atoms with E-state index in [1.54, 1.807) is 13.1 Å².